The lowest BCUT2D eigenvalue weighted by Gasteiger charge is -2.36. The standard InChI is InChI=1S/C54H56N6O15/c1-32(61)72-38-13-16-41-44(29-38)74-45-30-39(73-33(2)62)14-17-42(45)54(41)43-28-36(12-15-40(43)52(67)75-54)51(66)58-19-22-70-24-23-69-21-18-57-47(63)10-7-8-20-71-49-35(9-5-4-6-11-48(64)65)25-34(27-46(49)68-3)26-37-31-59-53(56)60-50(37)55/h12-17,25,27-31H,4,6-8,10-11,18-24,26H2,1-3H3,(H,57,63)(H,58,66)(H,64,65)(H4,55,56,59,60). The third kappa shape index (κ3) is 13.9. The number of carbonyl (C=O) groups is 6. The Morgan fingerprint density at radius 2 is 1.45 bits per heavy atom. The average Bonchev–Trinajstić information content (AvgIpc) is 3.71. The zero-order chi connectivity index (χ0) is 53.5. The zero-order valence-electron chi connectivity index (χ0n) is 41.5. The van der Waals surface area contributed by atoms with Gasteiger partial charge in [-0.25, -0.2) is 9.78 Å². The molecule has 2 amide bonds. The number of nitrogens with one attached hydrogen (secondary N) is 2. The summed E-state index contributed by atoms with van der Waals surface area (Å²) in [5.41, 5.74) is 13.8. The number of aromatic nitrogens is 2. The summed E-state index contributed by atoms with van der Waals surface area (Å²) in [4.78, 5) is 82.1. The SMILES string of the molecule is COc1cc(Cc2cnc(N)nc2N)cc(C#CCCCC(=O)O)c1OCCCCC(=O)NCCOCCOCCNC(=O)c1ccc2c(c1)C1(OC2=O)c2ccc(OC(C)=O)cc2Oc2cc(OC(C)=O)ccc21. The molecule has 0 atom stereocenters. The molecule has 1 spiro atoms. The molecule has 2 aliphatic heterocycles. The molecule has 1 aromatic heterocycles. The van der Waals surface area contributed by atoms with Crippen molar-refractivity contribution in [1.82, 2.24) is 20.6 Å². The lowest BCUT2D eigenvalue weighted by molar-refractivity contribution is -0.137. The first kappa shape index (κ1) is 54.0. The van der Waals surface area contributed by atoms with Crippen LogP contribution in [-0.2, 0) is 45.4 Å². The van der Waals surface area contributed by atoms with E-state index in [1.165, 1.54) is 45.2 Å². The number of carbonyl (C=O) groups excluding carboxylic acids is 5. The fraction of sp³-hybridized carbons (Fsp3) is 0.333. The van der Waals surface area contributed by atoms with E-state index in [-0.39, 0.29) is 104 Å². The summed E-state index contributed by atoms with van der Waals surface area (Å²) in [6.45, 7) is 4.19. The number of carboxylic acids is 1. The van der Waals surface area contributed by atoms with E-state index in [0.29, 0.717) is 78.0 Å². The Balaban J connectivity index is 0.827. The number of anilines is 2. The van der Waals surface area contributed by atoms with Crippen LogP contribution < -0.4 is 45.8 Å². The van der Waals surface area contributed by atoms with Gasteiger partial charge in [-0.3, -0.25) is 24.0 Å². The molecule has 21 nitrogen and oxygen atoms in total. The van der Waals surface area contributed by atoms with Gasteiger partial charge in [0.25, 0.3) is 5.91 Å². The van der Waals surface area contributed by atoms with Gasteiger partial charge in [-0.05, 0) is 79.4 Å². The molecule has 0 aliphatic carbocycles. The second kappa shape index (κ2) is 25.3. The number of aliphatic carboxylic acids is 1. The first-order valence-electron chi connectivity index (χ1n) is 24.0. The molecule has 3 heterocycles. The smallest absolute Gasteiger partial charge is 0.340 e. The Hall–Kier alpha value is -8.74. The van der Waals surface area contributed by atoms with Gasteiger partial charge in [0.15, 0.2) is 17.1 Å². The summed E-state index contributed by atoms with van der Waals surface area (Å²) < 4.78 is 46.0. The van der Waals surface area contributed by atoms with Gasteiger partial charge in [0.2, 0.25) is 11.9 Å². The predicted molar refractivity (Wildman–Crippen MR) is 269 cm³/mol. The first-order valence-corrected chi connectivity index (χ1v) is 24.0. The minimum Gasteiger partial charge on any atom is -0.493 e. The molecule has 392 valence electrons. The second-order valence-corrected chi connectivity index (χ2v) is 17.1. The van der Waals surface area contributed by atoms with Crippen LogP contribution in [0.25, 0.3) is 0 Å². The van der Waals surface area contributed by atoms with E-state index in [1.807, 2.05) is 12.1 Å². The molecule has 0 saturated carbocycles. The summed E-state index contributed by atoms with van der Waals surface area (Å²) in [5, 5.41) is 14.7. The van der Waals surface area contributed by atoms with Crippen molar-refractivity contribution in [3.8, 4) is 46.3 Å². The maximum absolute atomic E-state index is 13.5. The summed E-state index contributed by atoms with van der Waals surface area (Å²) in [6, 6.07) is 17.6. The van der Waals surface area contributed by atoms with Crippen molar-refractivity contribution in [2.75, 3.05) is 64.7 Å². The van der Waals surface area contributed by atoms with Crippen molar-refractivity contribution in [3.63, 3.8) is 0 Å². The van der Waals surface area contributed by atoms with Crippen LogP contribution >= 0.6 is 0 Å². The van der Waals surface area contributed by atoms with Crippen molar-refractivity contribution in [3.05, 3.63) is 117 Å². The third-order valence-electron chi connectivity index (χ3n) is 11.6. The number of esters is 3. The fourth-order valence-electron chi connectivity index (χ4n) is 8.29. The summed E-state index contributed by atoms with van der Waals surface area (Å²) in [5.74, 6) is 4.91. The van der Waals surface area contributed by atoms with Crippen LogP contribution in [0.4, 0.5) is 11.8 Å². The number of hydrogen-bond donors (Lipinski definition) is 5. The number of nitrogens with two attached hydrogens (primary N) is 2. The minimum atomic E-state index is -1.58. The largest absolute Gasteiger partial charge is 0.493 e. The normalized spacial score (nSPS) is 12.4. The van der Waals surface area contributed by atoms with E-state index < -0.39 is 35.4 Å². The quantitative estimate of drug-likeness (QED) is 0.0224. The number of carboxylic acid groups (broad SMARTS) is 1. The van der Waals surface area contributed by atoms with E-state index in [4.69, 9.17) is 54.5 Å². The van der Waals surface area contributed by atoms with Gasteiger partial charge in [-0.1, -0.05) is 11.8 Å². The Morgan fingerprint density at radius 1 is 0.773 bits per heavy atom. The number of unbranched alkanes of at least 4 members (excludes halogenated alkanes) is 2. The van der Waals surface area contributed by atoms with E-state index >= 15 is 0 Å². The molecule has 0 unspecified atom stereocenters. The van der Waals surface area contributed by atoms with Crippen LogP contribution in [0.2, 0.25) is 0 Å². The Morgan fingerprint density at radius 3 is 2.09 bits per heavy atom. The summed E-state index contributed by atoms with van der Waals surface area (Å²) >= 11 is 0. The summed E-state index contributed by atoms with van der Waals surface area (Å²) in [7, 11) is 1.52. The van der Waals surface area contributed by atoms with Gasteiger partial charge in [0.1, 0.15) is 28.8 Å². The molecule has 75 heavy (non-hydrogen) atoms. The van der Waals surface area contributed by atoms with E-state index in [1.54, 1.807) is 36.5 Å². The van der Waals surface area contributed by atoms with Crippen LogP contribution in [-0.4, -0.2) is 104 Å². The molecule has 5 aromatic rings. The molecule has 0 fully saturated rings. The molecule has 0 bridgehead atoms. The third-order valence-corrected chi connectivity index (χ3v) is 11.6. The number of nitrogen functional groups attached to an aromatic ring is 2. The average molecular weight is 1030 g/mol. The molecule has 7 rings (SSSR count). The number of rotatable bonds is 24. The number of methoxy groups -OCH3 is 1. The lowest BCUT2D eigenvalue weighted by Crippen LogP contribution is -2.33. The zero-order valence-corrected chi connectivity index (χ0v) is 41.5. The Kier molecular flexibility index (Phi) is 18.2. The number of amides is 2. The molecule has 0 radical (unpaired) electrons. The van der Waals surface area contributed by atoms with Gasteiger partial charge in [-0.15, -0.1) is 0 Å². The first-order chi connectivity index (χ1) is 36.1. The Labute approximate surface area is 431 Å². The van der Waals surface area contributed by atoms with Crippen LogP contribution in [0.3, 0.4) is 0 Å². The van der Waals surface area contributed by atoms with E-state index in [0.717, 1.165) is 5.56 Å². The van der Waals surface area contributed by atoms with Crippen LogP contribution in [0.5, 0.6) is 34.5 Å². The second-order valence-electron chi connectivity index (χ2n) is 17.1. The molecule has 21 heteroatoms. The van der Waals surface area contributed by atoms with Crippen LogP contribution in [0, 0.1) is 11.8 Å². The molecule has 0 saturated heterocycles. The Bertz CT molecular complexity index is 2970. The predicted octanol–water partition coefficient (Wildman–Crippen LogP) is 5.39. The highest BCUT2D eigenvalue weighted by atomic mass is 16.6. The lowest BCUT2D eigenvalue weighted by atomic mass is 9.77. The number of benzene rings is 4. The van der Waals surface area contributed by atoms with Gasteiger partial charge in [0.05, 0.1) is 51.3 Å². The number of hydrogen-bond acceptors (Lipinski definition) is 18. The van der Waals surface area contributed by atoms with E-state index in [9.17, 15) is 28.8 Å². The highest BCUT2D eigenvalue weighted by Crippen LogP contribution is 2.57. The van der Waals surface area contributed by atoms with Crippen molar-refractivity contribution < 1.29 is 71.8 Å². The van der Waals surface area contributed by atoms with Crippen LogP contribution in [0.1, 0.15) is 106 Å². The van der Waals surface area contributed by atoms with Gasteiger partial charge < -0.3 is 65.1 Å². The maximum atomic E-state index is 13.5. The minimum absolute atomic E-state index is 0.00664. The van der Waals surface area contributed by atoms with Crippen molar-refractivity contribution in [2.24, 2.45) is 0 Å². The molecule has 2 aliphatic rings. The van der Waals surface area contributed by atoms with E-state index in [2.05, 4.69) is 32.4 Å². The highest BCUT2D eigenvalue weighted by Gasteiger charge is 2.54. The molecular weight excluding hydrogens is 973 g/mol. The summed E-state index contributed by atoms with van der Waals surface area (Å²) in [6.07, 6.45) is 4.08. The van der Waals surface area contributed by atoms with Gasteiger partial charge in [0, 0.05) is 98.8 Å². The number of fused-ring (bicyclic) bond motifs is 6. The maximum Gasteiger partial charge on any atom is 0.340 e. The molecule has 4 aromatic carbocycles. The monoisotopic (exact) mass is 1030 g/mol. The highest BCUT2D eigenvalue weighted by molar-refractivity contribution is 6.00. The number of nitrogens with zero attached hydrogens (tertiary/aromatic N) is 2. The fourth-order valence-corrected chi connectivity index (χ4v) is 8.29. The molecule has 7 N–H and O–H groups in total. The van der Waals surface area contributed by atoms with Crippen LogP contribution in [0.15, 0.2) is 72.9 Å². The van der Waals surface area contributed by atoms with Gasteiger partial charge in [-0.2, -0.15) is 4.98 Å². The van der Waals surface area contributed by atoms with Crippen molar-refractivity contribution in [1.29, 1.82) is 0 Å². The molecular formula is C54H56N6O15. The topological polar surface area (TPSA) is 298 Å². The number of ether oxygens (including phenoxy) is 8. The van der Waals surface area contributed by atoms with Gasteiger partial charge >= 0.3 is 23.9 Å². The van der Waals surface area contributed by atoms with Crippen molar-refractivity contribution >= 4 is 47.5 Å². The van der Waals surface area contributed by atoms with Crippen molar-refractivity contribution in [2.45, 2.75) is 64.4 Å².